The van der Waals surface area contributed by atoms with E-state index in [1.54, 1.807) is 24.3 Å². The van der Waals surface area contributed by atoms with Crippen LogP contribution in [0.1, 0.15) is 11.1 Å². The van der Waals surface area contributed by atoms with Gasteiger partial charge in [0.2, 0.25) is 5.91 Å². The summed E-state index contributed by atoms with van der Waals surface area (Å²) >= 11 is 0. The minimum Gasteiger partial charge on any atom is -0.486 e. The minimum atomic E-state index is -0.335. The molecule has 28 heavy (non-hydrogen) atoms. The topological polar surface area (TPSA) is 80.4 Å². The quantitative estimate of drug-likeness (QED) is 0.710. The fourth-order valence-corrected chi connectivity index (χ4v) is 3.16. The summed E-state index contributed by atoms with van der Waals surface area (Å²) in [5, 5.41) is 3.63. The standard InChI is InChI=1S/C21H19FN2O4/c22-16-3-1-13(2-4-16)9-20(25)23-6-5-14-10-15-11-18-19(28-8-7-27-18)12-17(15)24-21(14)26/h1-4,10-12H,5-9H2,(H,23,25)(H,24,26). The highest BCUT2D eigenvalue weighted by Gasteiger charge is 2.14. The van der Waals surface area contributed by atoms with Gasteiger partial charge in [0, 0.05) is 23.6 Å². The molecule has 0 spiro atoms. The van der Waals surface area contributed by atoms with E-state index in [9.17, 15) is 14.0 Å². The fraction of sp³-hybridized carbons (Fsp3) is 0.238. The molecule has 3 aromatic rings. The number of benzene rings is 2. The number of fused-ring (bicyclic) bond motifs is 2. The number of aromatic nitrogens is 1. The van der Waals surface area contributed by atoms with Gasteiger partial charge in [-0.15, -0.1) is 0 Å². The molecule has 0 unspecified atom stereocenters. The van der Waals surface area contributed by atoms with Gasteiger partial charge in [0.15, 0.2) is 11.5 Å². The van der Waals surface area contributed by atoms with E-state index >= 15 is 0 Å². The lowest BCUT2D eigenvalue weighted by Gasteiger charge is -2.18. The number of nitrogens with one attached hydrogen (secondary N) is 2. The smallest absolute Gasteiger partial charge is 0.251 e. The average molecular weight is 382 g/mol. The molecule has 144 valence electrons. The second kappa shape index (κ2) is 7.72. The zero-order chi connectivity index (χ0) is 19.5. The van der Waals surface area contributed by atoms with Crippen LogP contribution in [0.2, 0.25) is 0 Å². The minimum absolute atomic E-state index is 0.165. The Balaban J connectivity index is 1.41. The fourth-order valence-electron chi connectivity index (χ4n) is 3.16. The van der Waals surface area contributed by atoms with E-state index in [-0.39, 0.29) is 23.7 Å². The number of hydrogen-bond acceptors (Lipinski definition) is 4. The van der Waals surface area contributed by atoms with Crippen LogP contribution in [-0.2, 0) is 17.6 Å². The van der Waals surface area contributed by atoms with Crippen LogP contribution >= 0.6 is 0 Å². The van der Waals surface area contributed by atoms with Crippen molar-refractivity contribution in [2.45, 2.75) is 12.8 Å². The zero-order valence-corrected chi connectivity index (χ0v) is 15.1. The maximum absolute atomic E-state index is 12.9. The largest absolute Gasteiger partial charge is 0.486 e. The number of rotatable bonds is 5. The Kier molecular flexibility index (Phi) is 4.97. The number of aromatic amines is 1. The summed E-state index contributed by atoms with van der Waals surface area (Å²) in [5.41, 5.74) is 1.79. The molecule has 4 rings (SSSR count). The molecule has 0 fully saturated rings. The van der Waals surface area contributed by atoms with E-state index in [2.05, 4.69) is 10.3 Å². The molecular formula is C21H19FN2O4. The first-order valence-electron chi connectivity index (χ1n) is 9.05. The van der Waals surface area contributed by atoms with Crippen LogP contribution < -0.4 is 20.3 Å². The number of amides is 1. The van der Waals surface area contributed by atoms with Crippen molar-refractivity contribution in [3.63, 3.8) is 0 Å². The third-order valence-electron chi connectivity index (χ3n) is 4.58. The number of H-pyrrole nitrogens is 1. The van der Waals surface area contributed by atoms with Crippen LogP contribution in [0.15, 0.2) is 47.3 Å². The second-order valence-corrected chi connectivity index (χ2v) is 6.61. The highest BCUT2D eigenvalue weighted by atomic mass is 19.1. The van der Waals surface area contributed by atoms with E-state index in [0.717, 1.165) is 10.9 Å². The van der Waals surface area contributed by atoms with Gasteiger partial charge in [0.25, 0.3) is 5.56 Å². The van der Waals surface area contributed by atoms with Crippen molar-refractivity contribution in [1.82, 2.24) is 10.3 Å². The van der Waals surface area contributed by atoms with E-state index in [4.69, 9.17) is 9.47 Å². The van der Waals surface area contributed by atoms with Crippen LogP contribution in [0.25, 0.3) is 10.9 Å². The first kappa shape index (κ1) is 18.0. The van der Waals surface area contributed by atoms with Crippen LogP contribution in [0.5, 0.6) is 11.5 Å². The molecule has 2 aromatic carbocycles. The number of pyridine rings is 1. The van der Waals surface area contributed by atoms with Crippen molar-refractivity contribution >= 4 is 16.8 Å². The van der Waals surface area contributed by atoms with E-state index in [0.29, 0.717) is 48.8 Å². The van der Waals surface area contributed by atoms with Crippen LogP contribution in [0.4, 0.5) is 4.39 Å². The van der Waals surface area contributed by atoms with Crippen molar-refractivity contribution in [1.29, 1.82) is 0 Å². The van der Waals surface area contributed by atoms with Gasteiger partial charge in [-0.2, -0.15) is 0 Å². The highest BCUT2D eigenvalue weighted by molar-refractivity contribution is 5.83. The Morgan fingerprint density at radius 2 is 1.79 bits per heavy atom. The molecule has 7 heteroatoms. The predicted octanol–water partition coefficient (Wildman–Crippen LogP) is 2.34. The van der Waals surface area contributed by atoms with E-state index < -0.39 is 0 Å². The molecule has 1 amide bonds. The molecule has 0 atom stereocenters. The lowest BCUT2D eigenvalue weighted by Crippen LogP contribution is -2.28. The Hall–Kier alpha value is -3.35. The van der Waals surface area contributed by atoms with Gasteiger partial charge in [-0.25, -0.2) is 4.39 Å². The van der Waals surface area contributed by atoms with Crippen LogP contribution in [-0.4, -0.2) is 30.6 Å². The van der Waals surface area contributed by atoms with E-state index in [1.807, 2.05) is 6.07 Å². The maximum Gasteiger partial charge on any atom is 0.251 e. The Labute approximate surface area is 160 Å². The molecule has 1 aliphatic rings. The number of carbonyl (C=O) groups is 1. The molecule has 0 aliphatic carbocycles. The van der Waals surface area contributed by atoms with Crippen molar-refractivity contribution in [3.8, 4) is 11.5 Å². The number of hydrogen-bond donors (Lipinski definition) is 2. The van der Waals surface area contributed by atoms with Crippen molar-refractivity contribution in [2.24, 2.45) is 0 Å². The average Bonchev–Trinajstić information content (AvgIpc) is 2.69. The number of halogens is 1. The summed E-state index contributed by atoms with van der Waals surface area (Å²) in [4.78, 5) is 27.2. The summed E-state index contributed by atoms with van der Waals surface area (Å²) in [6.07, 6.45) is 0.562. The first-order chi connectivity index (χ1) is 13.6. The summed E-state index contributed by atoms with van der Waals surface area (Å²) in [6, 6.07) is 11.2. The van der Waals surface area contributed by atoms with Crippen molar-refractivity contribution < 1.29 is 18.7 Å². The van der Waals surface area contributed by atoms with Gasteiger partial charge in [-0.1, -0.05) is 12.1 Å². The maximum atomic E-state index is 12.9. The Morgan fingerprint density at radius 3 is 2.54 bits per heavy atom. The molecule has 0 radical (unpaired) electrons. The normalized spacial score (nSPS) is 12.8. The third-order valence-corrected chi connectivity index (χ3v) is 4.58. The SMILES string of the molecule is O=C(Cc1ccc(F)cc1)NCCc1cc2cc3c(cc2[nH]c1=O)OCCO3. The van der Waals surface area contributed by atoms with Crippen molar-refractivity contribution in [2.75, 3.05) is 19.8 Å². The number of ether oxygens (including phenoxy) is 2. The molecule has 1 aromatic heterocycles. The van der Waals surface area contributed by atoms with Gasteiger partial charge >= 0.3 is 0 Å². The Bertz CT molecular complexity index is 1080. The zero-order valence-electron chi connectivity index (χ0n) is 15.1. The molecule has 6 nitrogen and oxygen atoms in total. The van der Waals surface area contributed by atoms with Gasteiger partial charge in [0.05, 0.1) is 11.9 Å². The summed E-state index contributed by atoms with van der Waals surface area (Å²) in [7, 11) is 0. The van der Waals surface area contributed by atoms with Crippen molar-refractivity contribution in [3.05, 3.63) is 69.8 Å². The summed E-state index contributed by atoms with van der Waals surface area (Å²) in [6.45, 7) is 1.31. The molecule has 0 saturated heterocycles. The molecule has 1 aliphatic heterocycles. The molecule has 0 bridgehead atoms. The monoisotopic (exact) mass is 382 g/mol. The molecule has 2 N–H and O–H groups in total. The van der Waals surface area contributed by atoms with E-state index in [1.165, 1.54) is 12.1 Å². The molecular weight excluding hydrogens is 363 g/mol. The predicted molar refractivity (Wildman–Crippen MR) is 102 cm³/mol. The Morgan fingerprint density at radius 1 is 1.07 bits per heavy atom. The number of carbonyl (C=O) groups excluding carboxylic acids is 1. The van der Waals surface area contributed by atoms with Gasteiger partial charge in [-0.3, -0.25) is 9.59 Å². The lowest BCUT2D eigenvalue weighted by molar-refractivity contribution is -0.120. The first-order valence-corrected chi connectivity index (χ1v) is 9.05. The second-order valence-electron chi connectivity index (χ2n) is 6.61. The van der Waals surface area contributed by atoms with Gasteiger partial charge in [-0.05, 0) is 36.2 Å². The molecule has 2 heterocycles. The van der Waals surface area contributed by atoms with Crippen LogP contribution in [0, 0.1) is 5.82 Å². The van der Waals surface area contributed by atoms with Gasteiger partial charge < -0.3 is 19.8 Å². The summed E-state index contributed by atoms with van der Waals surface area (Å²) in [5.74, 6) is 0.765. The van der Waals surface area contributed by atoms with Gasteiger partial charge in [0.1, 0.15) is 19.0 Å². The lowest BCUT2D eigenvalue weighted by atomic mass is 10.1. The summed E-state index contributed by atoms with van der Waals surface area (Å²) < 4.78 is 24.0. The highest BCUT2D eigenvalue weighted by Crippen LogP contribution is 2.33. The molecule has 0 saturated carbocycles. The third kappa shape index (κ3) is 3.98. The van der Waals surface area contributed by atoms with Crippen LogP contribution in [0.3, 0.4) is 0 Å².